The first-order chi connectivity index (χ1) is 8.58. The number of hydrogen-bond acceptors (Lipinski definition) is 2. The van der Waals surface area contributed by atoms with Gasteiger partial charge in [-0.15, -0.1) is 0 Å². The van der Waals surface area contributed by atoms with E-state index >= 15 is 0 Å². The van der Waals surface area contributed by atoms with Gasteiger partial charge in [-0.2, -0.15) is 5.10 Å². The Labute approximate surface area is 113 Å². The van der Waals surface area contributed by atoms with Crippen LogP contribution < -0.4 is 0 Å². The normalized spacial score (nSPS) is 10.6. The van der Waals surface area contributed by atoms with Crippen molar-refractivity contribution in [2.45, 2.75) is 19.9 Å². The van der Waals surface area contributed by atoms with Gasteiger partial charge in [-0.1, -0.05) is 28.1 Å². The molecule has 5 heteroatoms. The summed E-state index contributed by atoms with van der Waals surface area (Å²) in [6.45, 7) is 2.35. The minimum atomic E-state index is -0.810. The van der Waals surface area contributed by atoms with Crippen LogP contribution in [0.15, 0.2) is 34.9 Å². The maximum atomic E-state index is 10.6. The van der Waals surface area contributed by atoms with Gasteiger partial charge < -0.3 is 5.11 Å². The molecule has 0 unspecified atom stereocenters. The number of rotatable bonds is 4. The van der Waals surface area contributed by atoms with E-state index in [1.54, 1.807) is 10.9 Å². The maximum Gasteiger partial charge on any atom is 0.305 e. The van der Waals surface area contributed by atoms with Crippen LogP contribution in [0.25, 0.3) is 11.1 Å². The molecule has 0 saturated heterocycles. The fraction of sp³-hybridized carbons (Fsp3) is 0.231. The molecule has 1 heterocycles. The van der Waals surface area contributed by atoms with Gasteiger partial charge in [-0.3, -0.25) is 9.48 Å². The first kappa shape index (κ1) is 12.8. The van der Waals surface area contributed by atoms with E-state index in [1.807, 2.05) is 31.2 Å². The Morgan fingerprint density at radius 3 is 2.67 bits per heavy atom. The van der Waals surface area contributed by atoms with Crippen LogP contribution in [0.4, 0.5) is 0 Å². The van der Waals surface area contributed by atoms with Crippen LogP contribution in [0.2, 0.25) is 0 Å². The zero-order chi connectivity index (χ0) is 13.1. The van der Waals surface area contributed by atoms with Crippen LogP contribution in [0.3, 0.4) is 0 Å². The van der Waals surface area contributed by atoms with Crippen LogP contribution >= 0.6 is 15.9 Å². The summed E-state index contributed by atoms with van der Waals surface area (Å²) in [6, 6.07) is 7.97. The van der Waals surface area contributed by atoms with Crippen LogP contribution in [-0.2, 0) is 11.3 Å². The predicted molar refractivity (Wildman–Crippen MR) is 72.4 cm³/mol. The van der Waals surface area contributed by atoms with Crippen molar-refractivity contribution in [2.24, 2.45) is 0 Å². The van der Waals surface area contributed by atoms with E-state index in [1.165, 1.54) is 0 Å². The largest absolute Gasteiger partial charge is 0.481 e. The smallest absolute Gasteiger partial charge is 0.305 e. The van der Waals surface area contributed by atoms with E-state index in [2.05, 4.69) is 21.0 Å². The molecule has 0 fully saturated rings. The average molecular weight is 309 g/mol. The monoisotopic (exact) mass is 308 g/mol. The summed E-state index contributed by atoms with van der Waals surface area (Å²) < 4.78 is 2.76. The second kappa shape index (κ2) is 5.35. The summed E-state index contributed by atoms with van der Waals surface area (Å²) in [5.74, 6) is -0.810. The van der Waals surface area contributed by atoms with Crippen molar-refractivity contribution in [3.8, 4) is 11.1 Å². The van der Waals surface area contributed by atoms with Crippen molar-refractivity contribution in [2.75, 3.05) is 0 Å². The summed E-state index contributed by atoms with van der Waals surface area (Å²) >= 11 is 3.40. The third-order valence-corrected chi connectivity index (χ3v) is 3.32. The number of aromatic nitrogens is 2. The minimum absolute atomic E-state index is 0.0856. The molecule has 1 aromatic heterocycles. The third-order valence-electron chi connectivity index (χ3n) is 2.80. The van der Waals surface area contributed by atoms with E-state index < -0.39 is 5.97 Å². The summed E-state index contributed by atoms with van der Waals surface area (Å²) in [5, 5.41) is 12.9. The molecule has 1 N–H and O–H groups in total. The molecular weight excluding hydrogens is 296 g/mol. The Hall–Kier alpha value is -1.62. The van der Waals surface area contributed by atoms with Gasteiger partial charge >= 0.3 is 5.97 Å². The van der Waals surface area contributed by atoms with Gasteiger partial charge in [0.2, 0.25) is 0 Å². The first-order valence-electron chi connectivity index (χ1n) is 5.58. The van der Waals surface area contributed by atoms with Gasteiger partial charge in [0.15, 0.2) is 0 Å². The fourth-order valence-corrected chi connectivity index (χ4v) is 2.05. The first-order valence-corrected chi connectivity index (χ1v) is 6.37. The van der Waals surface area contributed by atoms with Crippen molar-refractivity contribution < 1.29 is 9.90 Å². The molecule has 2 rings (SSSR count). The molecule has 0 aliphatic carbocycles. The van der Waals surface area contributed by atoms with Crippen molar-refractivity contribution in [3.63, 3.8) is 0 Å². The predicted octanol–water partition coefficient (Wildman–Crippen LogP) is 3.10. The minimum Gasteiger partial charge on any atom is -0.481 e. The van der Waals surface area contributed by atoms with E-state index in [9.17, 15) is 4.79 Å². The standard InChI is InChI=1S/C13H13BrN2O2/c1-9-12(10-2-4-11(14)5-3-10)8-15-16(9)7-6-13(17)18/h2-5,8H,6-7H2,1H3,(H,17,18). The Morgan fingerprint density at radius 1 is 1.39 bits per heavy atom. The van der Waals surface area contributed by atoms with E-state index in [0.717, 1.165) is 21.3 Å². The summed E-state index contributed by atoms with van der Waals surface area (Å²) in [4.78, 5) is 10.6. The zero-order valence-electron chi connectivity index (χ0n) is 9.93. The Kier molecular flexibility index (Phi) is 3.81. The number of carbonyl (C=O) groups is 1. The molecule has 94 valence electrons. The Bertz CT molecular complexity index is 561. The molecule has 0 aliphatic heterocycles. The van der Waals surface area contributed by atoms with Crippen molar-refractivity contribution in [3.05, 3.63) is 40.6 Å². The Morgan fingerprint density at radius 2 is 2.06 bits per heavy atom. The molecule has 0 amide bonds. The SMILES string of the molecule is Cc1c(-c2ccc(Br)cc2)cnn1CCC(=O)O. The van der Waals surface area contributed by atoms with E-state index in [0.29, 0.717) is 6.54 Å². The lowest BCUT2D eigenvalue weighted by atomic mass is 10.1. The number of hydrogen-bond donors (Lipinski definition) is 1. The van der Waals surface area contributed by atoms with E-state index in [4.69, 9.17) is 5.11 Å². The van der Waals surface area contributed by atoms with Crippen molar-refractivity contribution in [1.82, 2.24) is 9.78 Å². The molecule has 1 aromatic carbocycles. The topological polar surface area (TPSA) is 55.1 Å². The summed E-state index contributed by atoms with van der Waals surface area (Å²) in [6.07, 6.45) is 1.86. The molecule has 0 aliphatic rings. The molecular formula is C13H13BrN2O2. The number of halogens is 1. The second-order valence-corrected chi connectivity index (χ2v) is 4.93. The van der Waals surface area contributed by atoms with Gasteiger partial charge in [-0.05, 0) is 24.6 Å². The van der Waals surface area contributed by atoms with Crippen LogP contribution in [-0.4, -0.2) is 20.9 Å². The lowest BCUT2D eigenvalue weighted by molar-refractivity contribution is -0.137. The van der Waals surface area contributed by atoms with Crippen LogP contribution in [0.1, 0.15) is 12.1 Å². The molecule has 2 aromatic rings. The van der Waals surface area contributed by atoms with Gasteiger partial charge in [0.25, 0.3) is 0 Å². The van der Waals surface area contributed by atoms with Crippen LogP contribution in [0, 0.1) is 6.92 Å². The van der Waals surface area contributed by atoms with Crippen LogP contribution in [0.5, 0.6) is 0 Å². The molecule has 4 nitrogen and oxygen atoms in total. The summed E-state index contributed by atoms with van der Waals surface area (Å²) in [5.41, 5.74) is 3.10. The second-order valence-electron chi connectivity index (χ2n) is 4.02. The highest BCUT2D eigenvalue weighted by molar-refractivity contribution is 9.10. The molecule has 0 spiro atoms. The molecule has 18 heavy (non-hydrogen) atoms. The summed E-state index contributed by atoms with van der Waals surface area (Å²) in [7, 11) is 0. The van der Waals surface area contributed by atoms with Gasteiger partial charge in [-0.25, -0.2) is 0 Å². The molecule has 0 radical (unpaired) electrons. The van der Waals surface area contributed by atoms with Gasteiger partial charge in [0.1, 0.15) is 0 Å². The molecule has 0 saturated carbocycles. The Balaban J connectivity index is 2.25. The lowest BCUT2D eigenvalue weighted by Gasteiger charge is -2.04. The maximum absolute atomic E-state index is 10.6. The number of aliphatic carboxylic acids is 1. The zero-order valence-corrected chi connectivity index (χ0v) is 11.5. The highest BCUT2D eigenvalue weighted by Gasteiger charge is 2.09. The average Bonchev–Trinajstić information content (AvgIpc) is 2.69. The van der Waals surface area contributed by atoms with E-state index in [-0.39, 0.29) is 6.42 Å². The quantitative estimate of drug-likeness (QED) is 0.944. The number of carboxylic acids is 1. The number of carboxylic acid groups (broad SMARTS) is 1. The highest BCUT2D eigenvalue weighted by atomic mass is 79.9. The fourth-order valence-electron chi connectivity index (χ4n) is 1.79. The number of benzene rings is 1. The lowest BCUT2D eigenvalue weighted by Crippen LogP contribution is -2.07. The molecule has 0 bridgehead atoms. The number of aryl methyl sites for hydroxylation is 1. The third kappa shape index (κ3) is 2.79. The van der Waals surface area contributed by atoms with Crippen molar-refractivity contribution >= 4 is 21.9 Å². The molecule has 0 atom stereocenters. The van der Waals surface area contributed by atoms with Crippen molar-refractivity contribution in [1.29, 1.82) is 0 Å². The van der Waals surface area contributed by atoms with Gasteiger partial charge in [0.05, 0.1) is 19.2 Å². The highest BCUT2D eigenvalue weighted by Crippen LogP contribution is 2.24. The van der Waals surface area contributed by atoms with Gasteiger partial charge in [0, 0.05) is 15.7 Å². The number of nitrogens with zero attached hydrogens (tertiary/aromatic N) is 2.